The normalized spacial score (nSPS) is 32.2. The number of hydrogen-bond donors (Lipinski definition) is 1. The van der Waals surface area contributed by atoms with E-state index in [1.807, 2.05) is 13.8 Å². The summed E-state index contributed by atoms with van der Waals surface area (Å²) in [4.78, 5) is 2.45. The first kappa shape index (κ1) is 18.1. The molecule has 0 saturated carbocycles. The van der Waals surface area contributed by atoms with Crippen molar-refractivity contribution in [3.63, 3.8) is 0 Å². The van der Waals surface area contributed by atoms with Crippen LogP contribution in [0.4, 0.5) is 0 Å². The fourth-order valence-electron chi connectivity index (χ4n) is 3.41. The maximum absolute atomic E-state index is 12.3. The molecule has 1 N–H and O–H groups in total. The maximum Gasteiger partial charge on any atom is 0.279 e. The number of nitrogens with zero attached hydrogens (tertiary/aromatic N) is 2. The van der Waals surface area contributed by atoms with E-state index in [4.69, 9.17) is 4.74 Å². The van der Waals surface area contributed by atoms with Gasteiger partial charge >= 0.3 is 0 Å². The average molecular weight is 333 g/mol. The molecule has 2 fully saturated rings. The molecule has 22 heavy (non-hydrogen) atoms. The Labute approximate surface area is 135 Å². The zero-order valence-corrected chi connectivity index (χ0v) is 14.9. The van der Waals surface area contributed by atoms with Gasteiger partial charge in [-0.1, -0.05) is 6.92 Å². The van der Waals surface area contributed by atoms with Gasteiger partial charge in [0.25, 0.3) is 10.2 Å². The quantitative estimate of drug-likeness (QED) is 0.738. The standard InChI is InChI=1S/C15H31N3O3S/c1-13-6-4-8-17(10-13)9-5-7-16-22(19,20)18-11-14(2)21-15(3)12-18/h13-16H,4-12H2,1-3H3/t13-,14-,15-/m1/s1. The Morgan fingerprint density at radius 1 is 1.14 bits per heavy atom. The van der Waals surface area contributed by atoms with E-state index in [9.17, 15) is 8.42 Å². The molecule has 0 spiro atoms. The van der Waals surface area contributed by atoms with Gasteiger partial charge in [0.2, 0.25) is 0 Å². The second-order valence-corrected chi connectivity index (χ2v) is 8.63. The summed E-state index contributed by atoms with van der Waals surface area (Å²) >= 11 is 0. The van der Waals surface area contributed by atoms with Crippen LogP contribution in [-0.4, -0.2) is 69.1 Å². The van der Waals surface area contributed by atoms with Gasteiger partial charge in [0.05, 0.1) is 12.2 Å². The summed E-state index contributed by atoms with van der Waals surface area (Å²) in [7, 11) is -3.38. The lowest BCUT2D eigenvalue weighted by Crippen LogP contribution is -2.52. The zero-order chi connectivity index (χ0) is 16.2. The van der Waals surface area contributed by atoms with Crippen molar-refractivity contribution >= 4 is 10.2 Å². The van der Waals surface area contributed by atoms with E-state index in [0.717, 1.165) is 32.0 Å². The molecule has 0 unspecified atom stereocenters. The van der Waals surface area contributed by atoms with E-state index < -0.39 is 10.2 Å². The topological polar surface area (TPSA) is 61.9 Å². The molecule has 7 heteroatoms. The molecule has 2 heterocycles. The first-order chi connectivity index (χ1) is 10.4. The summed E-state index contributed by atoms with van der Waals surface area (Å²) in [5.74, 6) is 0.766. The van der Waals surface area contributed by atoms with Crippen LogP contribution in [0.1, 0.15) is 40.0 Å². The molecule has 3 atom stereocenters. The van der Waals surface area contributed by atoms with Gasteiger partial charge in [-0.15, -0.1) is 0 Å². The minimum absolute atomic E-state index is 0.0461. The Hall–Kier alpha value is -0.210. The summed E-state index contributed by atoms with van der Waals surface area (Å²) in [5, 5.41) is 0. The minimum atomic E-state index is -3.38. The molecule has 0 radical (unpaired) electrons. The predicted octanol–water partition coefficient (Wildman–Crippen LogP) is 1.05. The van der Waals surface area contributed by atoms with E-state index in [2.05, 4.69) is 16.5 Å². The van der Waals surface area contributed by atoms with Crippen molar-refractivity contribution in [2.24, 2.45) is 5.92 Å². The van der Waals surface area contributed by atoms with E-state index in [1.54, 1.807) is 0 Å². The number of rotatable bonds is 6. The third-order valence-electron chi connectivity index (χ3n) is 4.40. The number of morpholine rings is 1. The Bertz CT molecular complexity index is 433. The van der Waals surface area contributed by atoms with Gasteiger partial charge in [-0.25, -0.2) is 4.72 Å². The van der Waals surface area contributed by atoms with Gasteiger partial charge in [-0.3, -0.25) is 0 Å². The van der Waals surface area contributed by atoms with Gasteiger partial charge in [-0.2, -0.15) is 12.7 Å². The molecule has 0 aromatic heterocycles. The van der Waals surface area contributed by atoms with Crippen molar-refractivity contribution in [2.75, 3.05) is 39.3 Å². The fourth-order valence-corrected chi connectivity index (χ4v) is 4.81. The highest BCUT2D eigenvalue weighted by Gasteiger charge is 2.30. The highest BCUT2D eigenvalue weighted by atomic mass is 32.2. The molecule has 0 aromatic rings. The van der Waals surface area contributed by atoms with E-state index in [1.165, 1.54) is 17.1 Å². The molecule has 2 aliphatic heterocycles. The van der Waals surface area contributed by atoms with Crippen molar-refractivity contribution in [3.8, 4) is 0 Å². The maximum atomic E-state index is 12.3. The van der Waals surface area contributed by atoms with Crippen molar-refractivity contribution in [3.05, 3.63) is 0 Å². The van der Waals surface area contributed by atoms with Crippen molar-refractivity contribution in [1.29, 1.82) is 0 Å². The van der Waals surface area contributed by atoms with Crippen LogP contribution in [0.3, 0.4) is 0 Å². The smallest absolute Gasteiger partial charge is 0.279 e. The van der Waals surface area contributed by atoms with Crippen LogP contribution in [-0.2, 0) is 14.9 Å². The highest BCUT2D eigenvalue weighted by Crippen LogP contribution is 2.16. The molecular formula is C15H31N3O3S. The number of hydrogen-bond acceptors (Lipinski definition) is 4. The van der Waals surface area contributed by atoms with E-state index in [0.29, 0.717) is 19.6 Å². The molecule has 130 valence electrons. The minimum Gasteiger partial charge on any atom is -0.373 e. The molecule has 0 amide bonds. The van der Waals surface area contributed by atoms with Crippen LogP contribution < -0.4 is 4.72 Å². The van der Waals surface area contributed by atoms with Crippen LogP contribution in [0.5, 0.6) is 0 Å². The molecular weight excluding hydrogens is 302 g/mol. The lowest BCUT2D eigenvalue weighted by atomic mass is 10.0. The molecule has 0 bridgehead atoms. The number of piperidine rings is 1. The molecule has 2 aliphatic rings. The largest absolute Gasteiger partial charge is 0.373 e. The molecule has 6 nitrogen and oxygen atoms in total. The predicted molar refractivity (Wildman–Crippen MR) is 88.0 cm³/mol. The summed E-state index contributed by atoms with van der Waals surface area (Å²) in [5.41, 5.74) is 0. The van der Waals surface area contributed by atoms with Gasteiger partial charge in [-0.05, 0) is 52.1 Å². The van der Waals surface area contributed by atoms with Crippen LogP contribution in [0.15, 0.2) is 0 Å². The molecule has 0 aliphatic carbocycles. The third-order valence-corrected chi connectivity index (χ3v) is 5.95. The first-order valence-electron chi connectivity index (χ1n) is 8.49. The second kappa shape index (κ2) is 8.06. The molecule has 0 aromatic carbocycles. The van der Waals surface area contributed by atoms with Crippen LogP contribution in [0, 0.1) is 5.92 Å². The van der Waals surface area contributed by atoms with Crippen LogP contribution in [0.25, 0.3) is 0 Å². The highest BCUT2D eigenvalue weighted by molar-refractivity contribution is 7.87. The number of likely N-dealkylation sites (tertiary alicyclic amines) is 1. The Balaban J connectivity index is 1.71. The molecule has 2 saturated heterocycles. The van der Waals surface area contributed by atoms with Gasteiger partial charge in [0.15, 0.2) is 0 Å². The zero-order valence-electron chi connectivity index (χ0n) is 14.1. The molecule has 2 rings (SSSR count). The Morgan fingerprint density at radius 2 is 1.82 bits per heavy atom. The van der Waals surface area contributed by atoms with Gasteiger partial charge in [0.1, 0.15) is 0 Å². The van der Waals surface area contributed by atoms with Crippen molar-refractivity contribution < 1.29 is 13.2 Å². The SMILES string of the molecule is C[C@@H]1CCCN(CCCNS(=O)(=O)N2C[C@@H](C)O[C@H](C)C2)C1. The average Bonchev–Trinajstić information content (AvgIpc) is 2.43. The lowest BCUT2D eigenvalue weighted by molar-refractivity contribution is -0.0443. The summed E-state index contributed by atoms with van der Waals surface area (Å²) in [6, 6.07) is 0. The van der Waals surface area contributed by atoms with E-state index >= 15 is 0 Å². The summed E-state index contributed by atoms with van der Waals surface area (Å²) in [6.45, 7) is 10.8. The van der Waals surface area contributed by atoms with Crippen LogP contribution >= 0.6 is 0 Å². The lowest BCUT2D eigenvalue weighted by Gasteiger charge is -2.34. The van der Waals surface area contributed by atoms with Gasteiger partial charge < -0.3 is 9.64 Å². The van der Waals surface area contributed by atoms with E-state index in [-0.39, 0.29) is 12.2 Å². The Kier molecular flexibility index (Phi) is 6.64. The fraction of sp³-hybridized carbons (Fsp3) is 1.00. The van der Waals surface area contributed by atoms with Crippen LogP contribution in [0.2, 0.25) is 0 Å². The second-order valence-electron chi connectivity index (χ2n) is 6.88. The first-order valence-corrected chi connectivity index (χ1v) is 9.93. The Morgan fingerprint density at radius 3 is 2.45 bits per heavy atom. The number of nitrogens with one attached hydrogen (secondary N) is 1. The monoisotopic (exact) mass is 333 g/mol. The van der Waals surface area contributed by atoms with Crippen molar-refractivity contribution in [1.82, 2.24) is 13.9 Å². The van der Waals surface area contributed by atoms with Crippen molar-refractivity contribution in [2.45, 2.75) is 52.2 Å². The van der Waals surface area contributed by atoms with Gasteiger partial charge in [0, 0.05) is 26.2 Å². The third kappa shape index (κ3) is 5.45. The summed E-state index contributed by atoms with van der Waals surface area (Å²) < 4.78 is 34.5. The summed E-state index contributed by atoms with van der Waals surface area (Å²) in [6.07, 6.45) is 3.35. The number of ether oxygens (including phenoxy) is 1.